The zero-order chi connectivity index (χ0) is 17.0. The number of amides is 2. The fourth-order valence-corrected chi connectivity index (χ4v) is 3.23. The average molecular weight is 320 g/mol. The van der Waals surface area contributed by atoms with Gasteiger partial charge in [-0.25, -0.2) is 0 Å². The minimum atomic E-state index is -0.141. The number of hydrogen-bond acceptors (Lipinski definition) is 3. The molecule has 1 saturated carbocycles. The van der Waals surface area contributed by atoms with Crippen molar-refractivity contribution in [1.82, 2.24) is 20.0 Å². The van der Waals surface area contributed by atoms with Gasteiger partial charge in [0.25, 0.3) is 11.8 Å². The molecule has 0 aromatic carbocycles. The molecule has 6 heteroatoms. The molecule has 1 fully saturated rings. The molecule has 0 saturated heterocycles. The second-order valence-corrected chi connectivity index (χ2v) is 6.36. The van der Waals surface area contributed by atoms with Crippen LogP contribution in [-0.4, -0.2) is 45.6 Å². The zero-order valence-corrected chi connectivity index (χ0v) is 14.6. The zero-order valence-electron chi connectivity index (χ0n) is 14.6. The van der Waals surface area contributed by atoms with Crippen molar-refractivity contribution in [3.05, 3.63) is 17.5 Å². The highest BCUT2D eigenvalue weighted by molar-refractivity contribution is 5.98. The number of carbonyl (C=O) groups is 2. The van der Waals surface area contributed by atoms with E-state index in [-0.39, 0.29) is 17.9 Å². The fraction of sp³-hybridized carbons (Fsp3) is 0.706. The Balaban J connectivity index is 2.10. The van der Waals surface area contributed by atoms with E-state index in [0.29, 0.717) is 30.4 Å². The van der Waals surface area contributed by atoms with Gasteiger partial charge in [-0.3, -0.25) is 14.3 Å². The Morgan fingerprint density at radius 1 is 1.30 bits per heavy atom. The van der Waals surface area contributed by atoms with E-state index in [1.807, 2.05) is 13.8 Å². The van der Waals surface area contributed by atoms with Crippen LogP contribution in [0.4, 0.5) is 0 Å². The molecular formula is C17H28N4O2. The van der Waals surface area contributed by atoms with Crippen molar-refractivity contribution in [2.75, 3.05) is 13.1 Å². The van der Waals surface area contributed by atoms with Crippen molar-refractivity contribution in [2.45, 2.75) is 52.5 Å². The van der Waals surface area contributed by atoms with Crippen molar-refractivity contribution < 1.29 is 9.59 Å². The van der Waals surface area contributed by atoms with E-state index in [0.717, 1.165) is 19.3 Å². The summed E-state index contributed by atoms with van der Waals surface area (Å²) < 4.78 is 1.50. The number of aryl methyl sites for hydroxylation is 1. The summed E-state index contributed by atoms with van der Waals surface area (Å²) in [7, 11) is 1.71. The molecule has 128 valence electrons. The molecule has 2 amide bonds. The lowest BCUT2D eigenvalue weighted by Gasteiger charge is -2.29. The predicted octanol–water partition coefficient (Wildman–Crippen LogP) is 2.21. The average Bonchev–Trinajstić information content (AvgIpc) is 2.92. The van der Waals surface area contributed by atoms with Gasteiger partial charge in [-0.05, 0) is 32.6 Å². The number of nitrogens with zero attached hydrogens (tertiary/aromatic N) is 3. The van der Waals surface area contributed by atoms with Crippen LogP contribution in [0, 0.1) is 5.92 Å². The normalized spacial score (nSPS) is 21.0. The third kappa shape index (κ3) is 3.92. The van der Waals surface area contributed by atoms with Crippen molar-refractivity contribution in [3.8, 4) is 0 Å². The van der Waals surface area contributed by atoms with Crippen molar-refractivity contribution in [1.29, 1.82) is 0 Å². The monoisotopic (exact) mass is 320 g/mol. The van der Waals surface area contributed by atoms with E-state index in [9.17, 15) is 9.59 Å². The first-order valence-corrected chi connectivity index (χ1v) is 8.62. The first-order valence-electron chi connectivity index (χ1n) is 8.62. The lowest BCUT2D eigenvalue weighted by Crippen LogP contribution is -2.41. The van der Waals surface area contributed by atoms with E-state index in [2.05, 4.69) is 17.3 Å². The molecule has 0 radical (unpaired) electrons. The van der Waals surface area contributed by atoms with Crippen LogP contribution in [-0.2, 0) is 7.05 Å². The molecule has 23 heavy (non-hydrogen) atoms. The van der Waals surface area contributed by atoms with Crippen LogP contribution >= 0.6 is 0 Å². The molecule has 1 heterocycles. The third-order valence-electron chi connectivity index (χ3n) is 4.81. The van der Waals surface area contributed by atoms with Gasteiger partial charge in [-0.1, -0.05) is 19.8 Å². The van der Waals surface area contributed by atoms with Crippen LogP contribution in [0.5, 0.6) is 0 Å². The molecule has 2 atom stereocenters. The minimum absolute atomic E-state index is 0.129. The first-order chi connectivity index (χ1) is 11.0. The van der Waals surface area contributed by atoms with Gasteiger partial charge in [0.05, 0.1) is 0 Å². The van der Waals surface area contributed by atoms with Crippen LogP contribution in [0.25, 0.3) is 0 Å². The maximum atomic E-state index is 12.5. The number of rotatable bonds is 5. The summed E-state index contributed by atoms with van der Waals surface area (Å²) in [6.07, 6.45) is 4.58. The molecule has 0 aliphatic heterocycles. The lowest BCUT2D eigenvalue weighted by molar-refractivity contribution is 0.0766. The Hall–Kier alpha value is -1.85. The van der Waals surface area contributed by atoms with E-state index in [4.69, 9.17) is 0 Å². The second-order valence-electron chi connectivity index (χ2n) is 6.36. The third-order valence-corrected chi connectivity index (χ3v) is 4.81. The van der Waals surface area contributed by atoms with Crippen LogP contribution < -0.4 is 5.32 Å². The van der Waals surface area contributed by atoms with E-state index < -0.39 is 0 Å². The summed E-state index contributed by atoms with van der Waals surface area (Å²) in [5, 5.41) is 7.34. The van der Waals surface area contributed by atoms with Crippen molar-refractivity contribution >= 4 is 11.8 Å². The lowest BCUT2D eigenvalue weighted by atomic mass is 9.86. The molecule has 6 nitrogen and oxygen atoms in total. The summed E-state index contributed by atoms with van der Waals surface area (Å²) in [6.45, 7) is 7.31. The van der Waals surface area contributed by atoms with Crippen LogP contribution in [0.2, 0.25) is 0 Å². The molecule has 1 aliphatic carbocycles. The molecule has 0 bridgehead atoms. The SMILES string of the molecule is CCN(CC)C(=O)c1cc(C(=O)NC2CCCCC2C)n(C)n1. The summed E-state index contributed by atoms with van der Waals surface area (Å²) in [4.78, 5) is 26.6. The molecule has 1 aliphatic rings. The van der Waals surface area contributed by atoms with Crippen molar-refractivity contribution in [2.24, 2.45) is 13.0 Å². The quantitative estimate of drug-likeness (QED) is 0.904. The number of nitrogens with one attached hydrogen (secondary N) is 1. The Kier molecular flexibility index (Phi) is 5.80. The Morgan fingerprint density at radius 3 is 2.57 bits per heavy atom. The molecule has 1 aromatic heterocycles. The number of aromatic nitrogens is 2. The van der Waals surface area contributed by atoms with Gasteiger partial charge < -0.3 is 10.2 Å². The highest BCUT2D eigenvalue weighted by Gasteiger charge is 2.26. The smallest absolute Gasteiger partial charge is 0.274 e. The fourth-order valence-electron chi connectivity index (χ4n) is 3.23. The maximum Gasteiger partial charge on any atom is 0.274 e. The van der Waals surface area contributed by atoms with E-state index >= 15 is 0 Å². The summed E-state index contributed by atoms with van der Waals surface area (Å²) in [5.41, 5.74) is 0.774. The molecule has 0 spiro atoms. The van der Waals surface area contributed by atoms with Crippen molar-refractivity contribution in [3.63, 3.8) is 0 Å². The maximum absolute atomic E-state index is 12.5. The summed E-state index contributed by atoms with van der Waals surface area (Å²) >= 11 is 0. The van der Waals surface area contributed by atoms with Gasteiger partial charge in [0.1, 0.15) is 5.69 Å². The Morgan fingerprint density at radius 2 is 1.96 bits per heavy atom. The predicted molar refractivity (Wildman–Crippen MR) is 89.3 cm³/mol. The summed E-state index contributed by atoms with van der Waals surface area (Å²) in [5.74, 6) is 0.228. The van der Waals surface area contributed by atoms with E-state index in [1.165, 1.54) is 11.1 Å². The highest BCUT2D eigenvalue weighted by atomic mass is 16.2. The van der Waals surface area contributed by atoms with Gasteiger partial charge in [-0.2, -0.15) is 5.10 Å². The number of hydrogen-bond donors (Lipinski definition) is 1. The standard InChI is InChI=1S/C17H28N4O2/c1-5-21(6-2)17(23)14-11-15(20(4)19-14)16(22)18-13-10-8-7-9-12(13)3/h11-13H,5-10H2,1-4H3,(H,18,22). The van der Waals surface area contributed by atoms with Gasteiger partial charge in [-0.15, -0.1) is 0 Å². The molecule has 2 unspecified atom stereocenters. The van der Waals surface area contributed by atoms with Gasteiger partial charge >= 0.3 is 0 Å². The molecule has 1 N–H and O–H groups in total. The second kappa shape index (κ2) is 7.62. The highest BCUT2D eigenvalue weighted by Crippen LogP contribution is 2.24. The van der Waals surface area contributed by atoms with Gasteiger partial charge in [0.2, 0.25) is 0 Å². The van der Waals surface area contributed by atoms with Crippen LogP contribution in [0.3, 0.4) is 0 Å². The minimum Gasteiger partial charge on any atom is -0.348 e. The largest absolute Gasteiger partial charge is 0.348 e. The van der Waals surface area contributed by atoms with Gasteiger partial charge in [0, 0.05) is 32.2 Å². The van der Waals surface area contributed by atoms with Gasteiger partial charge in [0.15, 0.2) is 5.69 Å². The van der Waals surface area contributed by atoms with E-state index in [1.54, 1.807) is 18.0 Å². The van der Waals surface area contributed by atoms with Crippen LogP contribution in [0.15, 0.2) is 6.07 Å². The Bertz CT molecular complexity index is 563. The molecule has 1 aromatic rings. The topological polar surface area (TPSA) is 67.2 Å². The first kappa shape index (κ1) is 17.5. The summed E-state index contributed by atoms with van der Waals surface area (Å²) in [6, 6.07) is 1.82. The number of carbonyl (C=O) groups excluding carboxylic acids is 2. The van der Waals surface area contributed by atoms with Crippen LogP contribution in [0.1, 0.15) is 67.4 Å². The molecular weight excluding hydrogens is 292 g/mol. The Labute approximate surface area is 138 Å². The molecule has 2 rings (SSSR count).